The molecule has 16 heavy (non-hydrogen) atoms. The van der Waals surface area contributed by atoms with E-state index in [4.69, 9.17) is 11.6 Å². The first-order chi connectivity index (χ1) is 7.84. The second-order valence-electron chi connectivity index (χ2n) is 4.32. The quantitative estimate of drug-likeness (QED) is 0.596. The van der Waals surface area contributed by atoms with Crippen molar-refractivity contribution in [1.82, 2.24) is 0 Å². The molecule has 1 aliphatic carbocycles. The number of hydrogen-bond acceptors (Lipinski definition) is 0. The molecule has 0 aliphatic heterocycles. The average molecular weight is 229 g/mol. The lowest BCUT2D eigenvalue weighted by Gasteiger charge is -2.09. The zero-order valence-corrected chi connectivity index (χ0v) is 9.74. The van der Waals surface area contributed by atoms with Crippen molar-refractivity contribution in [1.29, 1.82) is 0 Å². The molecule has 80 valence electrons. The van der Waals surface area contributed by atoms with Gasteiger partial charge in [0.25, 0.3) is 0 Å². The van der Waals surface area contributed by atoms with Gasteiger partial charge < -0.3 is 0 Å². The molecule has 0 radical (unpaired) electrons. The fourth-order valence-electron chi connectivity index (χ4n) is 2.44. The van der Waals surface area contributed by atoms with Crippen molar-refractivity contribution in [3.8, 4) is 0 Å². The summed E-state index contributed by atoms with van der Waals surface area (Å²) in [6.45, 7) is 0. The van der Waals surface area contributed by atoms with E-state index in [2.05, 4.69) is 48.5 Å². The lowest BCUT2D eigenvalue weighted by molar-refractivity contribution is 0.924. The third-order valence-corrected chi connectivity index (χ3v) is 3.68. The second kappa shape index (κ2) is 3.95. The maximum Gasteiger partial charge on any atom is 0.0628 e. The zero-order valence-electron chi connectivity index (χ0n) is 8.99. The number of hydrogen-bond donors (Lipinski definition) is 0. The molecule has 2 aromatic carbocycles. The van der Waals surface area contributed by atoms with E-state index in [1.165, 1.54) is 22.3 Å². The summed E-state index contributed by atoms with van der Waals surface area (Å²) >= 11 is 6.48. The highest BCUT2D eigenvalue weighted by molar-refractivity contribution is 6.21. The molecular formula is C15H13Cl. The maximum atomic E-state index is 6.48. The van der Waals surface area contributed by atoms with Crippen LogP contribution in [-0.2, 0) is 12.8 Å². The van der Waals surface area contributed by atoms with Gasteiger partial charge in [0.2, 0.25) is 0 Å². The molecule has 0 heterocycles. The predicted octanol–water partition coefficient (Wildman–Crippen LogP) is 4.11. The lowest BCUT2D eigenvalue weighted by atomic mass is 10.0. The van der Waals surface area contributed by atoms with Crippen LogP contribution in [0.1, 0.15) is 27.6 Å². The normalized spacial score (nSPS) is 18.4. The minimum absolute atomic E-state index is 0.111. The highest BCUT2D eigenvalue weighted by Gasteiger charge is 2.19. The molecule has 0 spiro atoms. The van der Waals surface area contributed by atoms with Gasteiger partial charge in [-0.25, -0.2) is 0 Å². The minimum Gasteiger partial charge on any atom is -0.117 e. The van der Waals surface area contributed by atoms with Crippen LogP contribution in [0.5, 0.6) is 0 Å². The summed E-state index contributed by atoms with van der Waals surface area (Å²) in [7, 11) is 0. The molecule has 1 unspecified atom stereocenters. The lowest BCUT2D eigenvalue weighted by Crippen LogP contribution is -1.95. The van der Waals surface area contributed by atoms with Crippen LogP contribution in [0.25, 0.3) is 0 Å². The van der Waals surface area contributed by atoms with Crippen molar-refractivity contribution in [2.75, 3.05) is 0 Å². The SMILES string of the molecule is ClC1Cc2ccccc2Cc2ccccc21. The first-order valence-electron chi connectivity index (χ1n) is 5.63. The van der Waals surface area contributed by atoms with Crippen molar-refractivity contribution in [2.24, 2.45) is 0 Å². The van der Waals surface area contributed by atoms with E-state index in [9.17, 15) is 0 Å². The van der Waals surface area contributed by atoms with Crippen molar-refractivity contribution in [2.45, 2.75) is 18.2 Å². The summed E-state index contributed by atoms with van der Waals surface area (Å²) in [5.74, 6) is 0. The molecule has 0 N–H and O–H groups in total. The Bertz CT molecular complexity index is 516. The predicted molar refractivity (Wildman–Crippen MR) is 68.0 cm³/mol. The van der Waals surface area contributed by atoms with Crippen LogP contribution in [0.15, 0.2) is 48.5 Å². The first-order valence-corrected chi connectivity index (χ1v) is 6.07. The van der Waals surface area contributed by atoms with E-state index >= 15 is 0 Å². The monoisotopic (exact) mass is 228 g/mol. The largest absolute Gasteiger partial charge is 0.117 e. The van der Waals surface area contributed by atoms with Gasteiger partial charge in [-0.15, -0.1) is 11.6 Å². The number of benzene rings is 2. The summed E-state index contributed by atoms with van der Waals surface area (Å²) in [5.41, 5.74) is 5.46. The Morgan fingerprint density at radius 2 is 1.44 bits per heavy atom. The Hall–Kier alpha value is -1.27. The number of fused-ring (bicyclic) bond motifs is 2. The molecule has 1 atom stereocenters. The van der Waals surface area contributed by atoms with Crippen molar-refractivity contribution >= 4 is 11.6 Å². The summed E-state index contributed by atoms with van der Waals surface area (Å²) in [4.78, 5) is 0. The van der Waals surface area contributed by atoms with Gasteiger partial charge >= 0.3 is 0 Å². The van der Waals surface area contributed by atoms with Gasteiger partial charge in [0.15, 0.2) is 0 Å². The average Bonchev–Trinajstić information content (AvgIpc) is 2.45. The van der Waals surface area contributed by atoms with Gasteiger partial charge in [0, 0.05) is 0 Å². The van der Waals surface area contributed by atoms with Crippen LogP contribution in [0.4, 0.5) is 0 Å². The fraction of sp³-hybridized carbons (Fsp3) is 0.200. The van der Waals surface area contributed by atoms with E-state index in [0.717, 1.165) is 12.8 Å². The molecule has 0 fully saturated rings. The van der Waals surface area contributed by atoms with E-state index in [0.29, 0.717) is 0 Å². The van der Waals surface area contributed by atoms with Crippen LogP contribution >= 0.6 is 11.6 Å². The Labute approximate surface area is 101 Å². The molecule has 2 aromatic rings. The van der Waals surface area contributed by atoms with Gasteiger partial charge in [0.05, 0.1) is 5.38 Å². The van der Waals surface area contributed by atoms with E-state index in [-0.39, 0.29) is 5.38 Å². The highest BCUT2D eigenvalue weighted by Crippen LogP contribution is 2.33. The Morgan fingerprint density at radius 3 is 2.25 bits per heavy atom. The van der Waals surface area contributed by atoms with Gasteiger partial charge in [-0.3, -0.25) is 0 Å². The number of rotatable bonds is 0. The van der Waals surface area contributed by atoms with E-state index in [1.807, 2.05) is 0 Å². The summed E-state index contributed by atoms with van der Waals surface area (Å²) in [5, 5.41) is 0.111. The number of alkyl halides is 1. The van der Waals surface area contributed by atoms with Crippen molar-refractivity contribution in [3.05, 3.63) is 70.8 Å². The molecule has 0 saturated heterocycles. The van der Waals surface area contributed by atoms with Gasteiger partial charge in [0.1, 0.15) is 0 Å². The van der Waals surface area contributed by atoms with Crippen LogP contribution in [-0.4, -0.2) is 0 Å². The third-order valence-electron chi connectivity index (χ3n) is 3.29. The molecule has 0 aromatic heterocycles. The van der Waals surface area contributed by atoms with Crippen molar-refractivity contribution in [3.63, 3.8) is 0 Å². The Balaban J connectivity index is 2.15. The number of halogens is 1. The van der Waals surface area contributed by atoms with Crippen LogP contribution in [0.3, 0.4) is 0 Å². The standard InChI is InChI=1S/C15H13Cl/c16-15-10-12-6-2-1-5-11(12)9-13-7-3-4-8-14(13)15/h1-8,15H,9-10H2. The maximum absolute atomic E-state index is 6.48. The van der Waals surface area contributed by atoms with E-state index in [1.54, 1.807) is 0 Å². The molecule has 0 saturated carbocycles. The van der Waals surface area contributed by atoms with Crippen LogP contribution < -0.4 is 0 Å². The smallest absolute Gasteiger partial charge is 0.0628 e. The molecule has 1 heteroatoms. The molecule has 1 aliphatic rings. The second-order valence-corrected chi connectivity index (χ2v) is 4.84. The highest BCUT2D eigenvalue weighted by atomic mass is 35.5. The molecule has 3 rings (SSSR count). The minimum atomic E-state index is 0.111. The third kappa shape index (κ3) is 1.64. The summed E-state index contributed by atoms with van der Waals surface area (Å²) in [6, 6.07) is 17.1. The Kier molecular flexibility index (Phi) is 2.45. The summed E-state index contributed by atoms with van der Waals surface area (Å²) < 4.78 is 0. The van der Waals surface area contributed by atoms with Gasteiger partial charge in [-0.05, 0) is 35.1 Å². The Morgan fingerprint density at radius 1 is 0.812 bits per heavy atom. The molecule has 0 amide bonds. The van der Waals surface area contributed by atoms with Crippen LogP contribution in [0.2, 0.25) is 0 Å². The fourth-order valence-corrected chi connectivity index (χ4v) is 2.82. The van der Waals surface area contributed by atoms with Gasteiger partial charge in [-0.1, -0.05) is 48.5 Å². The summed E-state index contributed by atoms with van der Waals surface area (Å²) in [6.07, 6.45) is 1.95. The molecule has 0 bridgehead atoms. The first kappa shape index (κ1) is 9.92. The molecular weight excluding hydrogens is 216 g/mol. The molecule has 0 nitrogen and oxygen atoms in total. The zero-order chi connectivity index (χ0) is 11.0. The van der Waals surface area contributed by atoms with E-state index < -0.39 is 0 Å². The van der Waals surface area contributed by atoms with Crippen LogP contribution in [0, 0.1) is 0 Å². The van der Waals surface area contributed by atoms with Gasteiger partial charge in [-0.2, -0.15) is 0 Å². The van der Waals surface area contributed by atoms with Crippen molar-refractivity contribution < 1.29 is 0 Å². The topological polar surface area (TPSA) is 0 Å².